The predicted molar refractivity (Wildman–Crippen MR) is 75.2 cm³/mol. The van der Waals surface area contributed by atoms with Crippen LogP contribution in [-0.4, -0.2) is 54.9 Å². The summed E-state index contributed by atoms with van der Waals surface area (Å²) in [5.74, 6) is -0.726. The summed E-state index contributed by atoms with van der Waals surface area (Å²) in [6.45, 7) is 5.81. The molecular weight excluding hydrogens is 260 g/mol. The van der Waals surface area contributed by atoms with Crippen molar-refractivity contribution >= 4 is 11.7 Å². The van der Waals surface area contributed by atoms with E-state index in [9.17, 15) is 4.79 Å². The van der Waals surface area contributed by atoms with Crippen molar-refractivity contribution in [3.63, 3.8) is 0 Å². The fourth-order valence-corrected chi connectivity index (χ4v) is 2.19. The molecule has 0 spiro atoms. The first-order valence-electron chi connectivity index (χ1n) is 6.69. The zero-order valence-electron chi connectivity index (χ0n) is 11.5. The van der Waals surface area contributed by atoms with Crippen molar-refractivity contribution in [2.45, 2.75) is 13.0 Å². The van der Waals surface area contributed by atoms with Crippen LogP contribution in [-0.2, 0) is 4.74 Å². The van der Waals surface area contributed by atoms with E-state index in [1.165, 1.54) is 6.07 Å². The maximum absolute atomic E-state index is 11.1. The van der Waals surface area contributed by atoms with Crippen LogP contribution in [0.1, 0.15) is 17.3 Å². The molecule has 1 fully saturated rings. The van der Waals surface area contributed by atoms with E-state index in [1.807, 2.05) is 0 Å². The maximum Gasteiger partial charge on any atom is 0.339 e. The molecule has 0 aromatic heterocycles. The molecule has 0 amide bonds. The van der Waals surface area contributed by atoms with Crippen LogP contribution in [0.15, 0.2) is 18.2 Å². The molecule has 6 heteroatoms. The van der Waals surface area contributed by atoms with Gasteiger partial charge in [0.25, 0.3) is 0 Å². The van der Waals surface area contributed by atoms with Crippen LogP contribution < -0.4 is 10.5 Å². The highest BCUT2D eigenvalue weighted by molar-refractivity contribution is 5.92. The molecule has 1 aliphatic heterocycles. The zero-order valence-corrected chi connectivity index (χ0v) is 11.5. The minimum Gasteiger partial charge on any atom is -0.490 e. The number of hydrogen-bond donors (Lipinski definition) is 2. The summed E-state index contributed by atoms with van der Waals surface area (Å²) in [7, 11) is 0. The molecule has 1 aromatic rings. The fourth-order valence-electron chi connectivity index (χ4n) is 2.19. The predicted octanol–water partition coefficient (Wildman–Crippen LogP) is 1.07. The number of nitrogens with zero attached hydrogens (tertiary/aromatic N) is 1. The highest BCUT2D eigenvalue weighted by atomic mass is 16.5. The number of likely N-dealkylation sites (N-methyl/N-ethyl adjacent to an activating group) is 1. The Morgan fingerprint density at radius 1 is 1.60 bits per heavy atom. The van der Waals surface area contributed by atoms with Crippen molar-refractivity contribution in [3.8, 4) is 5.75 Å². The zero-order chi connectivity index (χ0) is 14.5. The van der Waals surface area contributed by atoms with Gasteiger partial charge in [-0.15, -0.1) is 0 Å². The lowest BCUT2D eigenvalue weighted by atomic mass is 10.2. The number of rotatable bonds is 5. The molecule has 3 N–H and O–H groups in total. The minimum absolute atomic E-state index is 0.0390. The molecule has 1 unspecified atom stereocenters. The SMILES string of the molecule is CCN1CCOC(COc2ccc(N)cc2C(=O)O)C1. The van der Waals surface area contributed by atoms with Gasteiger partial charge in [-0.1, -0.05) is 6.92 Å². The van der Waals surface area contributed by atoms with Gasteiger partial charge in [0, 0.05) is 18.8 Å². The van der Waals surface area contributed by atoms with E-state index in [1.54, 1.807) is 12.1 Å². The van der Waals surface area contributed by atoms with Crippen molar-refractivity contribution in [1.82, 2.24) is 4.90 Å². The van der Waals surface area contributed by atoms with Gasteiger partial charge in [0.05, 0.1) is 6.61 Å². The molecule has 1 atom stereocenters. The molecule has 0 radical (unpaired) electrons. The van der Waals surface area contributed by atoms with Crippen molar-refractivity contribution < 1.29 is 19.4 Å². The van der Waals surface area contributed by atoms with E-state index in [2.05, 4.69) is 11.8 Å². The number of nitrogen functional groups attached to an aromatic ring is 1. The van der Waals surface area contributed by atoms with Gasteiger partial charge in [0.15, 0.2) is 0 Å². The van der Waals surface area contributed by atoms with E-state index in [0.717, 1.165) is 19.6 Å². The Hall–Kier alpha value is -1.79. The summed E-state index contributed by atoms with van der Waals surface area (Å²) in [5.41, 5.74) is 6.07. The number of aromatic carboxylic acids is 1. The summed E-state index contributed by atoms with van der Waals surface area (Å²) in [5, 5.41) is 9.13. The molecule has 1 aliphatic rings. The number of hydrogen-bond acceptors (Lipinski definition) is 5. The average Bonchev–Trinajstić information content (AvgIpc) is 2.46. The normalized spacial score (nSPS) is 19.8. The third kappa shape index (κ3) is 3.61. The largest absolute Gasteiger partial charge is 0.490 e. The molecule has 20 heavy (non-hydrogen) atoms. The second kappa shape index (κ2) is 6.58. The molecule has 2 rings (SSSR count). The van der Waals surface area contributed by atoms with Crippen LogP contribution in [0.3, 0.4) is 0 Å². The monoisotopic (exact) mass is 280 g/mol. The first-order chi connectivity index (χ1) is 9.60. The maximum atomic E-state index is 11.1. The third-order valence-electron chi connectivity index (χ3n) is 3.33. The van der Waals surface area contributed by atoms with E-state index in [0.29, 0.717) is 24.7 Å². The van der Waals surface area contributed by atoms with Gasteiger partial charge >= 0.3 is 5.97 Å². The lowest BCUT2D eigenvalue weighted by Gasteiger charge is -2.31. The molecule has 0 bridgehead atoms. The van der Waals surface area contributed by atoms with Crippen molar-refractivity contribution in [1.29, 1.82) is 0 Å². The summed E-state index contributed by atoms with van der Waals surface area (Å²) >= 11 is 0. The van der Waals surface area contributed by atoms with Crippen LogP contribution in [0.5, 0.6) is 5.75 Å². The molecular formula is C14H20N2O4. The summed E-state index contributed by atoms with van der Waals surface area (Å²) in [6, 6.07) is 4.61. The number of anilines is 1. The van der Waals surface area contributed by atoms with E-state index < -0.39 is 5.97 Å². The first kappa shape index (κ1) is 14.6. The average molecular weight is 280 g/mol. The smallest absolute Gasteiger partial charge is 0.339 e. The molecule has 1 heterocycles. The highest BCUT2D eigenvalue weighted by Crippen LogP contribution is 2.22. The quantitative estimate of drug-likeness (QED) is 0.785. The summed E-state index contributed by atoms with van der Waals surface area (Å²) in [4.78, 5) is 13.4. The number of carboxylic acids is 1. The van der Waals surface area contributed by atoms with Crippen molar-refractivity contribution in [3.05, 3.63) is 23.8 Å². The van der Waals surface area contributed by atoms with E-state index in [-0.39, 0.29) is 11.7 Å². The lowest BCUT2D eigenvalue weighted by Crippen LogP contribution is -2.44. The second-order valence-corrected chi connectivity index (χ2v) is 4.76. The Morgan fingerprint density at radius 2 is 2.40 bits per heavy atom. The molecule has 6 nitrogen and oxygen atoms in total. The number of carbonyl (C=O) groups is 1. The number of ether oxygens (including phenoxy) is 2. The topological polar surface area (TPSA) is 85.0 Å². The second-order valence-electron chi connectivity index (χ2n) is 4.76. The summed E-state index contributed by atoms with van der Waals surface area (Å²) < 4.78 is 11.2. The van der Waals surface area contributed by atoms with Gasteiger partial charge in [-0.3, -0.25) is 4.90 Å². The van der Waals surface area contributed by atoms with Crippen LogP contribution in [0, 0.1) is 0 Å². The molecule has 0 aliphatic carbocycles. The molecule has 0 saturated carbocycles. The number of carboxylic acid groups (broad SMARTS) is 1. The van der Waals surface area contributed by atoms with Crippen molar-refractivity contribution in [2.75, 3.05) is 38.6 Å². The Bertz CT molecular complexity index is 478. The Morgan fingerprint density at radius 3 is 3.10 bits per heavy atom. The Kier molecular flexibility index (Phi) is 4.81. The highest BCUT2D eigenvalue weighted by Gasteiger charge is 2.21. The van der Waals surface area contributed by atoms with Gasteiger partial charge < -0.3 is 20.3 Å². The van der Waals surface area contributed by atoms with E-state index in [4.69, 9.17) is 20.3 Å². The summed E-state index contributed by atoms with van der Waals surface area (Å²) in [6.07, 6.45) is -0.0390. The fraction of sp³-hybridized carbons (Fsp3) is 0.500. The van der Waals surface area contributed by atoms with Gasteiger partial charge in [-0.2, -0.15) is 0 Å². The molecule has 1 saturated heterocycles. The van der Waals surface area contributed by atoms with Crippen LogP contribution in [0.4, 0.5) is 5.69 Å². The Labute approximate surface area is 118 Å². The number of benzene rings is 1. The lowest BCUT2D eigenvalue weighted by molar-refractivity contribution is -0.0465. The third-order valence-corrected chi connectivity index (χ3v) is 3.33. The van der Waals surface area contributed by atoms with Gasteiger partial charge in [0.2, 0.25) is 0 Å². The van der Waals surface area contributed by atoms with Gasteiger partial charge in [-0.05, 0) is 24.7 Å². The van der Waals surface area contributed by atoms with Gasteiger partial charge in [0.1, 0.15) is 24.0 Å². The minimum atomic E-state index is -1.05. The van der Waals surface area contributed by atoms with E-state index >= 15 is 0 Å². The first-order valence-corrected chi connectivity index (χ1v) is 6.69. The number of morpholine rings is 1. The van der Waals surface area contributed by atoms with Crippen LogP contribution in [0.25, 0.3) is 0 Å². The van der Waals surface area contributed by atoms with Gasteiger partial charge in [-0.25, -0.2) is 4.79 Å². The van der Waals surface area contributed by atoms with Crippen LogP contribution in [0.2, 0.25) is 0 Å². The number of nitrogens with two attached hydrogens (primary N) is 1. The van der Waals surface area contributed by atoms with Crippen LogP contribution >= 0.6 is 0 Å². The standard InChI is InChI=1S/C14H20N2O4/c1-2-16-5-6-19-11(8-16)9-20-13-4-3-10(15)7-12(13)14(17)18/h3-4,7,11H,2,5-6,8-9,15H2,1H3,(H,17,18). The Balaban J connectivity index is 1.98. The van der Waals surface area contributed by atoms with Crippen molar-refractivity contribution in [2.24, 2.45) is 0 Å². The molecule has 110 valence electrons. The molecule has 1 aromatic carbocycles.